The van der Waals surface area contributed by atoms with Crippen LogP contribution in [0.15, 0.2) is 23.6 Å². The molecule has 2 rings (SSSR count). The lowest BCUT2D eigenvalue weighted by atomic mass is 9.90. The van der Waals surface area contributed by atoms with E-state index in [2.05, 4.69) is 4.98 Å². The van der Waals surface area contributed by atoms with E-state index >= 15 is 0 Å². The first-order chi connectivity index (χ1) is 9.37. The minimum atomic E-state index is -1.04. The monoisotopic (exact) mass is 311 g/mol. The van der Waals surface area contributed by atoms with Gasteiger partial charge in [0.05, 0.1) is 23.4 Å². The van der Waals surface area contributed by atoms with Crippen molar-refractivity contribution in [2.75, 3.05) is 7.11 Å². The summed E-state index contributed by atoms with van der Waals surface area (Å²) < 4.78 is 5.29. The van der Waals surface area contributed by atoms with Crippen LogP contribution in [0, 0.1) is 0 Å². The Morgan fingerprint density at radius 3 is 2.75 bits per heavy atom. The Morgan fingerprint density at radius 2 is 2.15 bits per heavy atom. The van der Waals surface area contributed by atoms with Crippen LogP contribution in [0.2, 0.25) is 5.02 Å². The maximum Gasteiger partial charge on any atom is 0.315 e. The number of carbonyl (C=O) groups is 1. The molecule has 0 atom stereocenters. The van der Waals surface area contributed by atoms with Crippen LogP contribution >= 0.6 is 22.9 Å². The fourth-order valence-electron chi connectivity index (χ4n) is 1.67. The summed E-state index contributed by atoms with van der Waals surface area (Å²) in [5, 5.41) is 12.2. The Hall–Kier alpha value is -1.59. The summed E-state index contributed by atoms with van der Waals surface area (Å²) in [7, 11) is 1.56. The third kappa shape index (κ3) is 2.51. The standard InChI is InChI=1S/C14H14ClNO3S/c1-14(2,13(17)18)10-7-20-12(16-10)11-8(15)5-4-6-9(11)19-3/h4-7H,1-3H3,(H,17,18). The number of nitrogens with zero attached hydrogens (tertiary/aromatic N) is 1. The van der Waals surface area contributed by atoms with Gasteiger partial charge >= 0.3 is 5.97 Å². The smallest absolute Gasteiger partial charge is 0.315 e. The van der Waals surface area contributed by atoms with E-state index in [1.54, 1.807) is 44.5 Å². The number of ether oxygens (including phenoxy) is 1. The van der Waals surface area contributed by atoms with Gasteiger partial charge in [-0.2, -0.15) is 0 Å². The molecule has 0 bridgehead atoms. The third-order valence-electron chi connectivity index (χ3n) is 3.09. The molecule has 0 amide bonds. The molecule has 0 radical (unpaired) electrons. The number of rotatable bonds is 4. The van der Waals surface area contributed by atoms with Crippen LogP contribution in [-0.2, 0) is 10.2 Å². The number of thiazole rings is 1. The Labute approximate surface area is 126 Å². The zero-order valence-electron chi connectivity index (χ0n) is 11.3. The summed E-state index contributed by atoms with van der Waals surface area (Å²) in [5.41, 5.74) is 0.157. The second-order valence-corrected chi connectivity index (χ2v) is 6.05. The molecule has 106 valence electrons. The lowest BCUT2D eigenvalue weighted by molar-refractivity contribution is -0.142. The number of benzene rings is 1. The van der Waals surface area contributed by atoms with E-state index in [0.717, 1.165) is 0 Å². The van der Waals surface area contributed by atoms with Crippen LogP contribution in [0.25, 0.3) is 10.6 Å². The summed E-state index contributed by atoms with van der Waals surface area (Å²) in [5.74, 6) is -0.299. The van der Waals surface area contributed by atoms with Crippen molar-refractivity contribution in [3.05, 3.63) is 34.3 Å². The largest absolute Gasteiger partial charge is 0.496 e. The maximum absolute atomic E-state index is 11.3. The number of carboxylic acid groups (broad SMARTS) is 1. The summed E-state index contributed by atoms with van der Waals surface area (Å²) in [6.45, 7) is 3.25. The molecule has 6 heteroatoms. The number of aromatic nitrogens is 1. The summed E-state index contributed by atoms with van der Waals surface area (Å²) >= 11 is 7.55. The average Bonchev–Trinajstić information content (AvgIpc) is 2.87. The molecule has 0 spiro atoms. The molecule has 0 aliphatic carbocycles. The van der Waals surface area contributed by atoms with Crippen molar-refractivity contribution >= 4 is 28.9 Å². The van der Waals surface area contributed by atoms with Crippen LogP contribution in [0.4, 0.5) is 0 Å². The molecule has 0 saturated heterocycles. The first kappa shape index (κ1) is 14.8. The number of hydrogen-bond acceptors (Lipinski definition) is 4. The Bertz CT molecular complexity index is 652. The highest BCUT2D eigenvalue weighted by Crippen LogP contribution is 2.39. The van der Waals surface area contributed by atoms with Crippen LogP contribution in [0.3, 0.4) is 0 Å². The predicted octanol–water partition coefficient (Wildman–Crippen LogP) is 3.83. The first-order valence-electron chi connectivity index (χ1n) is 5.90. The van der Waals surface area contributed by atoms with Crippen molar-refractivity contribution in [2.24, 2.45) is 0 Å². The zero-order valence-corrected chi connectivity index (χ0v) is 12.9. The lowest BCUT2D eigenvalue weighted by Gasteiger charge is -2.15. The van der Waals surface area contributed by atoms with Gasteiger partial charge in [0.15, 0.2) is 0 Å². The van der Waals surface area contributed by atoms with Crippen molar-refractivity contribution in [1.82, 2.24) is 4.98 Å². The van der Waals surface area contributed by atoms with Crippen LogP contribution in [0.1, 0.15) is 19.5 Å². The number of methoxy groups -OCH3 is 1. The lowest BCUT2D eigenvalue weighted by Crippen LogP contribution is -2.28. The van der Waals surface area contributed by atoms with E-state index in [9.17, 15) is 9.90 Å². The third-order valence-corrected chi connectivity index (χ3v) is 4.26. The molecule has 20 heavy (non-hydrogen) atoms. The van der Waals surface area contributed by atoms with Crippen LogP contribution in [-0.4, -0.2) is 23.2 Å². The van der Waals surface area contributed by atoms with Gasteiger partial charge in [-0.25, -0.2) is 4.98 Å². The fraction of sp³-hybridized carbons (Fsp3) is 0.286. The van der Waals surface area contributed by atoms with Crippen molar-refractivity contribution in [3.8, 4) is 16.3 Å². The number of hydrogen-bond donors (Lipinski definition) is 1. The number of halogens is 1. The zero-order chi connectivity index (χ0) is 14.9. The molecule has 1 heterocycles. The second-order valence-electron chi connectivity index (χ2n) is 4.79. The van der Waals surface area contributed by atoms with Crippen molar-refractivity contribution in [1.29, 1.82) is 0 Å². The van der Waals surface area contributed by atoms with E-state index in [1.165, 1.54) is 11.3 Å². The molecular weight excluding hydrogens is 298 g/mol. The van der Waals surface area contributed by atoms with Crippen LogP contribution < -0.4 is 4.74 Å². The molecule has 0 unspecified atom stereocenters. The molecule has 2 aromatic rings. The molecule has 0 saturated carbocycles. The topological polar surface area (TPSA) is 59.4 Å². The first-order valence-corrected chi connectivity index (χ1v) is 7.16. The quantitative estimate of drug-likeness (QED) is 0.932. The summed E-state index contributed by atoms with van der Waals surface area (Å²) in [6.07, 6.45) is 0. The summed E-state index contributed by atoms with van der Waals surface area (Å²) in [4.78, 5) is 15.7. The molecule has 1 aromatic carbocycles. The van der Waals surface area contributed by atoms with E-state index in [1.807, 2.05) is 0 Å². The van der Waals surface area contributed by atoms with E-state index in [-0.39, 0.29) is 0 Å². The van der Waals surface area contributed by atoms with Crippen LogP contribution in [0.5, 0.6) is 5.75 Å². The highest BCUT2D eigenvalue weighted by molar-refractivity contribution is 7.13. The molecular formula is C14H14ClNO3S. The highest BCUT2D eigenvalue weighted by atomic mass is 35.5. The van der Waals surface area contributed by atoms with E-state index in [0.29, 0.717) is 27.0 Å². The van der Waals surface area contributed by atoms with Gasteiger partial charge in [0.1, 0.15) is 16.2 Å². The normalized spacial score (nSPS) is 11.4. The molecule has 0 fully saturated rings. The molecule has 4 nitrogen and oxygen atoms in total. The Morgan fingerprint density at radius 1 is 1.45 bits per heavy atom. The Balaban J connectivity index is 2.52. The van der Waals surface area contributed by atoms with E-state index in [4.69, 9.17) is 16.3 Å². The number of carboxylic acids is 1. The maximum atomic E-state index is 11.3. The number of aliphatic carboxylic acids is 1. The SMILES string of the molecule is COc1cccc(Cl)c1-c1nc(C(C)(C)C(=O)O)cs1. The van der Waals surface area contributed by atoms with E-state index < -0.39 is 11.4 Å². The minimum absolute atomic E-state index is 0.506. The fourth-order valence-corrected chi connectivity index (χ4v) is 3.03. The van der Waals surface area contributed by atoms with Crippen molar-refractivity contribution in [2.45, 2.75) is 19.3 Å². The molecule has 0 aliphatic rings. The predicted molar refractivity (Wildman–Crippen MR) is 79.8 cm³/mol. The second kappa shape index (κ2) is 5.42. The molecule has 1 N–H and O–H groups in total. The van der Waals surface area contributed by atoms with Gasteiger partial charge in [0.25, 0.3) is 0 Å². The van der Waals surface area contributed by atoms with Gasteiger partial charge in [-0.1, -0.05) is 17.7 Å². The van der Waals surface area contributed by atoms with Crippen molar-refractivity contribution in [3.63, 3.8) is 0 Å². The molecule has 0 aliphatic heterocycles. The minimum Gasteiger partial charge on any atom is -0.496 e. The molecule has 1 aromatic heterocycles. The van der Waals surface area contributed by atoms with Gasteiger partial charge in [0, 0.05) is 5.38 Å². The van der Waals surface area contributed by atoms with Gasteiger partial charge in [-0.05, 0) is 26.0 Å². The van der Waals surface area contributed by atoms with Gasteiger partial charge in [0.2, 0.25) is 0 Å². The Kier molecular flexibility index (Phi) is 4.01. The highest BCUT2D eigenvalue weighted by Gasteiger charge is 2.32. The average molecular weight is 312 g/mol. The van der Waals surface area contributed by atoms with Gasteiger partial charge in [-0.15, -0.1) is 11.3 Å². The van der Waals surface area contributed by atoms with Gasteiger partial charge < -0.3 is 9.84 Å². The summed E-state index contributed by atoms with van der Waals surface area (Å²) in [6, 6.07) is 5.34. The van der Waals surface area contributed by atoms with Gasteiger partial charge in [-0.3, -0.25) is 4.79 Å². The van der Waals surface area contributed by atoms with Crippen molar-refractivity contribution < 1.29 is 14.6 Å².